The molecule has 0 N–H and O–H groups in total. The molecule has 0 saturated carbocycles. The van der Waals surface area contributed by atoms with Crippen LogP contribution in [0.5, 0.6) is 0 Å². The SMILES string of the molecule is CN1CCC2(CC1)OC(=O)c1ncc(Cl)cc12. The average molecular weight is 253 g/mol. The van der Waals surface area contributed by atoms with Crippen LogP contribution in [0.15, 0.2) is 12.3 Å². The summed E-state index contributed by atoms with van der Waals surface area (Å²) in [6, 6.07) is 1.82. The molecule has 1 aromatic heterocycles. The monoisotopic (exact) mass is 252 g/mol. The van der Waals surface area contributed by atoms with Gasteiger partial charge in [-0.25, -0.2) is 9.78 Å². The van der Waals surface area contributed by atoms with Crippen molar-refractivity contribution in [2.45, 2.75) is 18.4 Å². The maximum Gasteiger partial charge on any atom is 0.358 e. The number of carbonyl (C=O) groups excluding carboxylic acids is 1. The Labute approximate surface area is 105 Å². The average Bonchev–Trinajstić information content (AvgIpc) is 2.57. The first-order valence-corrected chi connectivity index (χ1v) is 6.06. The number of hydrogen-bond acceptors (Lipinski definition) is 4. The molecule has 1 aromatic rings. The number of aromatic nitrogens is 1. The summed E-state index contributed by atoms with van der Waals surface area (Å²) in [5, 5.41) is 0.556. The molecular formula is C12H13ClN2O2. The van der Waals surface area contributed by atoms with Crippen LogP contribution in [0.3, 0.4) is 0 Å². The van der Waals surface area contributed by atoms with Gasteiger partial charge < -0.3 is 9.64 Å². The quantitative estimate of drug-likeness (QED) is 0.661. The Morgan fingerprint density at radius 2 is 2.18 bits per heavy atom. The van der Waals surface area contributed by atoms with Gasteiger partial charge in [0.25, 0.3) is 0 Å². The summed E-state index contributed by atoms with van der Waals surface area (Å²) < 4.78 is 5.58. The lowest BCUT2D eigenvalue weighted by Crippen LogP contribution is -2.41. The van der Waals surface area contributed by atoms with Crippen LogP contribution >= 0.6 is 11.6 Å². The van der Waals surface area contributed by atoms with E-state index in [1.807, 2.05) is 6.07 Å². The van der Waals surface area contributed by atoms with Gasteiger partial charge in [0.2, 0.25) is 0 Å². The summed E-state index contributed by atoms with van der Waals surface area (Å²) in [7, 11) is 2.07. The van der Waals surface area contributed by atoms with Crippen LogP contribution in [-0.2, 0) is 10.3 Å². The number of nitrogens with zero attached hydrogens (tertiary/aromatic N) is 2. The van der Waals surface area contributed by atoms with E-state index < -0.39 is 5.60 Å². The second-order valence-electron chi connectivity index (χ2n) is 4.74. The first kappa shape index (κ1) is 11.0. The number of rotatable bonds is 0. The summed E-state index contributed by atoms with van der Waals surface area (Å²) in [4.78, 5) is 18.1. The van der Waals surface area contributed by atoms with Crippen molar-refractivity contribution in [3.63, 3.8) is 0 Å². The van der Waals surface area contributed by atoms with Crippen molar-refractivity contribution in [2.24, 2.45) is 0 Å². The van der Waals surface area contributed by atoms with Crippen LogP contribution in [0.25, 0.3) is 0 Å². The minimum Gasteiger partial charge on any atom is -0.449 e. The second kappa shape index (κ2) is 3.68. The molecule has 3 rings (SSSR count). The topological polar surface area (TPSA) is 42.4 Å². The molecule has 1 saturated heterocycles. The number of piperidine rings is 1. The van der Waals surface area contributed by atoms with E-state index in [1.165, 1.54) is 6.20 Å². The van der Waals surface area contributed by atoms with Crippen LogP contribution in [0, 0.1) is 0 Å². The van der Waals surface area contributed by atoms with E-state index in [9.17, 15) is 4.79 Å². The Kier molecular flexibility index (Phi) is 2.38. The van der Waals surface area contributed by atoms with E-state index in [2.05, 4.69) is 16.9 Å². The predicted octanol–water partition coefficient (Wildman–Crippen LogP) is 1.83. The molecule has 5 heteroatoms. The van der Waals surface area contributed by atoms with Gasteiger partial charge in [0.05, 0.1) is 5.02 Å². The third-order valence-corrected chi connectivity index (χ3v) is 3.83. The Hall–Kier alpha value is -1.13. The molecule has 0 amide bonds. The smallest absolute Gasteiger partial charge is 0.358 e. The number of hydrogen-bond donors (Lipinski definition) is 0. The molecule has 1 spiro atoms. The number of pyridine rings is 1. The zero-order valence-electron chi connectivity index (χ0n) is 9.57. The van der Waals surface area contributed by atoms with Crippen LogP contribution in [-0.4, -0.2) is 36.0 Å². The summed E-state index contributed by atoms with van der Waals surface area (Å²) in [6.07, 6.45) is 3.12. The maximum atomic E-state index is 11.8. The van der Waals surface area contributed by atoms with E-state index in [1.54, 1.807) is 0 Å². The highest BCUT2D eigenvalue weighted by Gasteiger charge is 2.47. The van der Waals surface area contributed by atoms with Gasteiger partial charge in [0.15, 0.2) is 5.69 Å². The fourth-order valence-electron chi connectivity index (χ4n) is 2.58. The molecule has 0 aromatic carbocycles. The largest absolute Gasteiger partial charge is 0.449 e. The molecule has 2 aliphatic heterocycles. The highest BCUT2D eigenvalue weighted by atomic mass is 35.5. The first-order valence-electron chi connectivity index (χ1n) is 5.69. The molecule has 2 aliphatic rings. The van der Waals surface area contributed by atoms with E-state index in [0.29, 0.717) is 10.7 Å². The highest BCUT2D eigenvalue weighted by molar-refractivity contribution is 6.30. The molecule has 0 radical (unpaired) electrons. The first-order chi connectivity index (χ1) is 8.11. The van der Waals surface area contributed by atoms with Crippen LogP contribution < -0.4 is 0 Å². The number of likely N-dealkylation sites (tertiary alicyclic amines) is 1. The standard InChI is InChI=1S/C12H13ClN2O2/c1-15-4-2-12(3-5-15)9-6-8(13)7-14-10(9)11(16)17-12/h6-7H,2-5H2,1H3. The van der Waals surface area contributed by atoms with Crippen LogP contribution in [0.4, 0.5) is 0 Å². The van der Waals surface area contributed by atoms with Crippen LogP contribution in [0.1, 0.15) is 28.9 Å². The Morgan fingerprint density at radius 3 is 2.88 bits per heavy atom. The van der Waals surface area contributed by atoms with Gasteiger partial charge in [-0.2, -0.15) is 0 Å². The highest BCUT2D eigenvalue weighted by Crippen LogP contribution is 2.43. The lowest BCUT2D eigenvalue weighted by atomic mass is 9.85. The van der Waals surface area contributed by atoms with Crippen molar-refractivity contribution in [1.29, 1.82) is 0 Å². The lowest BCUT2D eigenvalue weighted by molar-refractivity contribution is -0.0394. The molecular weight excluding hydrogens is 240 g/mol. The summed E-state index contributed by atoms with van der Waals surface area (Å²) >= 11 is 5.96. The molecule has 17 heavy (non-hydrogen) atoms. The van der Waals surface area contributed by atoms with Crippen molar-refractivity contribution < 1.29 is 9.53 Å². The van der Waals surface area contributed by atoms with Gasteiger partial charge in [-0.3, -0.25) is 0 Å². The predicted molar refractivity (Wildman–Crippen MR) is 63.1 cm³/mol. The molecule has 0 atom stereocenters. The fraction of sp³-hybridized carbons (Fsp3) is 0.500. The van der Waals surface area contributed by atoms with E-state index in [0.717, 1.165) is 31.5 Å². The molecule has 0 bridgehead atoms. The lowest BCUT2D eigenvalue weighted by Gasteiger charge is -2.36. The summed E-state index contributed by atoms with van der Waals surface area (Å²) in [6.45, 7) is 1.83. The third-order valence-electron chi connectivity index (χ3n) is 3.62. The van der Waals surface area contributed by atoms with Crippen molar-refractivity contribution >= 4 is 17.6 Å². The Balaban J connectivity index is 2.05. The van der Waals surface area contributed by atoms with E-state index in [-0.39, 0.29) is 5.97 Å². The maximum absolute atomic E-state index is 11.8. The van der Waals surface area contributed by atoms with Gasteiger partial charge in [-0.15, -0.1) is 0 Å². The number of ether oxygens (including phenoxy) is 1. The molecule has 0 aliphatic carbocycles. The zero-order valence-corrected chi connectivity index (χ0v) is 10.3. The number of esters is 1. The summed E-state index contributed by atoms with van der Waals surface area (Å²) in [5.74, 6) is -0.318. The molecule has 4 nitrogen and oxygen atoms in total. The van der Waals surface area contributed by atoms with Crippen molar-refractivity contribution in [2.75, 3.05) is 20.1 Å². The molecule has 3 heterocycles. The van der Waals surface area contributed by atoms with Crippen LogP contribution in [0.2, 0.25) is 5.02 Å². The second-order valence-corrected chi connectivity index (χ2v) is 5.17. The number of halogens is 1. The minimum atomic E-state index is -0.489. The van der Waals surface area contributed by atoms with Crippen molar-refractivity contribution in [1.82, 2.24) is 9.88 Å². The van der Waals surface area contributed by atoms with E-state index >= 15 is 0 Å². The van der Waals surface area contributed by atoms with Crippen molar-refractivity contribution in [3.05, 3.63) is 28.5 Å². The third kappa shape index (κ3) is 1.63. The van der Waals surface area contributed by atoms with Crippen molar-refractivity contribution in [3.8, 4) is 0 Å². The minimum absolute atomic E-state index is 0.318. The Bertz CT molecular complexity index is 481. The van der Waals surface area contributed by atoms with E-state index in [4.69, 9.17) is 16.3 Å². The van der Waals surface area contributed by atoms with Gasteiger partial charge >= 0.3 is 5.97 Å². The van der Waals surface area contributed by atoms with Gasteiger partial charge in [-0.1, -0.05) is 11.6 Å². The zero-order chi connectivity index (χ0) is 12.0. The molecule has 1 fully saturated rings. The van der Waals surface area contributed by atoms with Gasteiger partial charge in [0.1, 0.15) is 5.60 Å². The normalized spacial score (nSPS) is 22.6. The fourth-order valence-corrected chi connectivity index (χ4v) is 2.74. The molecule has 0 unspecified atom stereocenters. The van der Waals surface area contributed by atoms with Gasteiger partial charge in [0, 0.05) is 37.7 Å². The number of carbonyl (C=O) groups is 1. The summed E-state index contributed by atoms with van der Waals surface area (Å²) in [5.41, 5.74) is 0.804. The van der Waals surface area contributed by atoms with Gasteiger partial charge in [-0.05, 0) is 13.1 Å². The number of fused-ring (bicyclic) bond motifs is 2. The molecule has 90 valence electrons. The Morgan fingerprint density at radius 1 is 1.47 bits per heavy atom.